The van der Waals surface area contributed by atoms with Gasteiger partial charge in [0, 0.05) is 0 Å². The molecule has 0 radical (unpaired) electrons. The molecule has 3 N–H and O–H groups in total. The summed E-state index contributed by atoms with van der Waals surface area (Å²) in [7, 11) is -1.26. The molecule has 0 aromatic heterocycles. The number of aliphatic hydroxyl groups is 2. The normalized spacial score (nSPS) is 12.9. The minimum atomic E-state index is -1.44. The zero-order valence-electron chi connectivity index (χ0n) is 11.2. The second kappa shape index (κ2) is 5.38. The van der Waals surface area contributed by atoms with Crippen LogP contribution in [0.1, 0.15) is 27.7 Å². The van der Waals surface area contributed by atoms with Gasteiger partial charge in [0.1, 0.15) is 11.4 Å². The lowest BCUT2D eigenvalue weighted by atomic mass is 9.80. The van der Waals surface area contributed by atoms with Gasteiger partial charge in [0.2, 0.25) is 0 Å². The van der Waals surface area contributed by atoms with Crippen molar-refractivity contribution < 1.29 is 20.0 Å². The summed E-state index contributed by atoms with van der Waals surface area (Å²) in [5.74, 6) is 0. The van der Waals surface area contributed by atoms with Gasteiger partial charge in [-0.05, 0) is 33.2 Å². The van der Waals surface area contributed by atoms with Crippen molar-refractivity contribution >= 4 is 12.6 Å². The summed E-state index contributed by atoms with van der Waals surface area (Å²) in [6, 6.07) is 8.73. The number of hydroxylamine groups is 2. The van der Waals surface area contributed by atoms with Crippen LogP contribution in [0.3, 0.4) is 0 Å². The maximum atomic E-state index is 9.94. The van der Waals surface area contributed by atoms with Crippen LogP contribution < -0.4 is 5.46 Å². The molecule has 0 aliphatic heterocycles. The second-order valence-electron chi connectivity index (χ2n) is 5.15. The number of hydrogen-bond acceptors (Lipinski definition) is 5. The van der Waals surface area contributed by atoms with Crippen molar-refractivity contribution in [2.75, 3.05) is 0 Å². The molecule has 0 spiro atoms. The molecule has 0 fully saturated rings. The Bertz CT molecular complexity index is 358. The summed E-state index contributed by atoms with van der Waals surface area (Å²) in [4.78, 5) is 0. The van der Waals surface area contributed by atoms with E-state index in [2.05, 4.69) is 0 Å². The van der Waals surface area contributed by atoms with Crippen LogP contribution in [0.4, 0.5) is 0 Å². The van der Waals surface area contributed by atoms with Gasteiger partial charge in [0.15, 0.2) is 0 Å². The summed E-state index contributed by atoms with van der Waals surface area (Å²) in [6.07, 6.45) is 0. The molecule has 0 bridgehead atoms. The van der Waals surface area contributed by atoms with E-state index in [1.165, 1.54) is 27.7 Å². The topological polar surface area (TPSA) is 73.2 Å². The third kappa shape index (κ3) is 4.08. The molecule has 1 rings (SSSR count). The Morgan fingerprint density at radius 2 is 1.44 bits per heavy atom. The number of benzene rings is 1. The van der Waals surface area contributed by atoms with E-state index in [0.29, 0.717) is 5.46 Å². The van der Waals surface area contributed by atoms with Gasteiger partial charge in [-0.15, -0.1) is 5.06 Å². The van der Waals surface area contributed by atoms with Gasteiger partial charge >= 0.3 is 7.12 Å². The zero-order valence-corrected chi connectivity index (χ0v) is 11.2. The molecule has 1 aromatic carbocycles. The highest BCUT2D eigenvalue weighted by atomic mass is 16.7. The summed E-state index contributed by atoms with van der Waals surface area (Å²) >= 11 is 0. The lowest BCUT2D eigenvalue weighted by Gasteiger charge is -2.41. The van der Waals surface area contributed by atoms with Crippen molar-refractivity contribution in [1.82, 2.24) is 5.06 Å². The van der Waals surface area contributed by atoms with Crippen LogP contribution in [0.5, 0.6) is 0 Å². The first kappa shape index (κ1) is 15.1. The maximum absolute atomic E-state index is 9.94. The lowest BCUT2D eigenvalue weighted by Crippen LogP contribution is -2.59. The smallest absolute Gasteiger partial charge is 0.422 e. The van der Waals surface area contributed by atoms with Crippen molar-refractivity contribution in [2.24, 2.45) is 0 Å². The highest BCUT2D eigenvalue weighted by molar-refractivity contribution is 6.59. The fourth-order valence-electron chi connectivity index (χ4n) is 1.71. The summed E-state index contributed by atoms with van der Waals surface area (Å²) in [6.45, 7) is 5.84. The van der Waals surface area contributed by atoms with E-state index >= 15 is 0 Å². The minimum absolute atomic E-state index is 0.538. The highest BCUT2D eigenvalue weighted by Crippen LogP contribution is 2.21. The Morgan fingerprint density at radius 3 is 1.83 bits per heavy atom. The molecule has 0 heterocycles. The molecule has 0 saturated carbocycles. The van der Waals surface area contributed by atoms with E-state index in [0.717, 1.165) is 5.06 Å². The largest absolute Gasteiger partial charge is 0.508 e. The summed E-state index contributed by atoms with van der Waals surface area (Å²) < 4.78 is 5.25. The third-order valence-electron chi connectivity index (χ3n) is 2.28. The first-order chi connectivity index (χ1) is 8.12. The molecule has 18 heavy (non-hydrogen) atoms. The minimum Gasteiger partial charge on any atom is -0.422 e. The average molecular weight is 253 g/mol. The molecule has 0 amide bonds. The Kier molecular flexibility index (Phi) is 4.53. The van der Waals surface area contributed by atoms with Crippen LogP contribution in [0, 0.1) is 0 Å². The zero-order chi connectivity index (χ0) is 14.0. The molecule has 100 valence electrons. The highest BCUT2D eigenvalue weighted by Gasteiger charge is 2.39. The summed E-state index contributed by atoms with van der Waals surface area (Å²) in [5.41, 5.74) is -2.34. The third-order valence-corrected chi connectivity index (χ3v) is 2.28. The number of rotatable bonds is 5. The van der Waals surface area contributed by atoms with Crippen LogP contribution >= 0.6 is 0 Å². The van der Waals surface area contributed by atoms with E-state index in [4.69, 9.17) is 4.76 Å². The summed E-state index contributed by atoms with van der Waals surface area (Å²) in [5, 5.41) is 30.8. The van der Waals surface area contributed by atoms with Gasteiger partial charge in [-0.3, -0.25) is 0 Å². The van der Waals surface area contributed by atoms with Gasteiger partial charge in [-0.25, -0.2) is 0 Å². The number of hydrogen-bond donors (Lipinski definition) is 3. The number of nitrogens with zero attached hydrogens (tertiary/aromatic N) is 1. The van der Waals surface area contributed by atoms with Gasteiger partial charge in [-0.1, -0.05) is 30.3 Å². The molecular weight excluding hydrogens is 233 g/mol. The molecule has 0 saturated heterocycles. The predicted octanol–water partition coefficient (Wildman–Crippen LogP) is 0.0645. The van der Waals surface area contributed by atoms with Crippen LogP contribution in [-0.2, 0) is 4.76 Å². The molecule has 0 aliphatic rings. The fraction of sp³-hybridized carbons (Fsp3) is 0.500. The van der Waals surface area contributed by atoms with Crippen LogP contribution in [0.15, 0.2) is 30.3 Å². The van der Waals surface area contributed by atoms with E-state index in [9.17, 15) is 15.2 Å². The average Bonchev–Trinajstić information content (AvgIpc) is 2.23. The Balaban J connectivity index is 2.86. The SMILES string of the molecule is CC(C)(O)N(OB(O)c1ccccc1)C(C)(C)O. The van der Waals surface area contributed by atoms with Gasteiger partial charge < -0.3 is 20.0 Å². The van der Waals surface area contributed by atoms with E-state index in [1.54, 1.807) is 24.3 Å². The molecule has 6 heteroatoms. The molecular formula is C12H20BNO4. The van der Waals surface area contributed by atoms with Crippen molar-refractivity contribution in [2.45, 2.75) is 39.1 Å². The van der Waals surface area contributed by atoms with Crippen LogP contribution in [0.25, 0.3) is 0 Å². The Hall–Kier alpha value is -0.915. The second-order valence-corrected chi connectivity index (χ2v) is 5.15. The van der Waals surface area contributed by atoms with Crippen molar-refractivity contribution in [1.29, 1.82) is 0 Å². The van der Waals surface area contributed by atoms with E-state index in [1.807, 2.05) is 6.07 Å². The maximum Gasteiger partial charge on any atom is 0.508 e. The Morgan fingerprint density at radius 1 is 1.00 bits per heavy atom. The first-order valence-electron chi connectivity index (χ1n) is 5.77. The van der Waals surface area contributed by atoms with Gasteiger partial charge in [0.25, 0.3) is 0 Å². The first-order valence-corrected chi connectivity index (χ1v) is 5.77. The predicted molar refractivity (Wildman–Crippen MR) is 69.6 cm³/mol. The van der Waals surface area contributed by atoms with Crippen molar-refractivity contribution in [3.63, 3.8) is 0 Å². The molecule has 1 aromatic rings. The van der Waals surface area contributed by atoms with E-state index in [-0.39, 0.29) is 0 Å². The monoisotopic (exact) mass is 253 g/mol. The molecule has 5 nitrogen and oxygen atoms in total. The standard InChI is InChI=1S/C12H20BNO4/c1-11(2,15)14(12(3,4)16)18-13(17)10-8-6-5-7-9-10/h5-9,15-17H,1-4H3. The Labute approximate surface area is 108 Å². The van der Waals surface area contributed by atoms with E-state index < -0.39 is 18.6 Å². The molecule has 0 aliphatic carbocycles. The van der Waals surface area contributed by atoms with Crippen LogP contribution in [-0.4, -0.2) is 38.9 Å². The van der Waals surface area contributed by atoms with Gasteiger partial charge in [-0.2, -0.15) is 0 Å². The van der Waals surface area contributed by atoms with Gasteiger partial charge in [0.05, 0.1) is 0 Å². The fourth-order valence-corrected chi connectivity index (χ4v) is 1.71. The molecule has 0 unspecified atom stereocenters. The lowest BCUT2D eigenvalue weighted by molar-refractivity contribution is -0.328. The van der Waals surface area contributed by atoms with Crippen molar-refractivity contribution in [3.8, 4) is 0 Å². The van der Waals surface area contributed by atoms with Crippen molar-refractivity contribution in [3.05, 3.63) is 30.3 Å². The van der Waals surface area contributed by atoms with Crippen LogP contribution in [0.2, 0.25) is 0 Å². The molecule has 0 atom stereocenters. The quantitative estimate of drug-likeness (QED) is 0.393.